The summed E-state index contributed by atoms with van der Waals surface area (Å²) in [6, 6.07) is 3.13. The summed E-state index contributed by atoms with van der Waals surface area (Å²) in [5.74, 6) is 0.240. The summed E-state index contributed by atoms with van der Waals surface area (Å²) in [6.45, 7) is 1.99. The number of hydrogen-bond acceptors (Lipinski definition) is 5. The molecule has 1 saturated heterocycles. The third-order valence-corrected chi connectivity index (χ3v) is 4.81. The van der Waals surface area contributed by atoms with Crippen LogP contribution in [-0.2, 0) is 7.05 Å². The number of nitrogens with two attached hydrogens (primary N) is 1. The van der Waals surface area contributed by atoms with Crippen LogP contribution in [0.15, 0.2) is 24.5 Å². The van der Waals surface area contributed by atoms with Crippen molar-refractivity contribution >= 4 is 23.2 Å². The Kier molecular flexibility index (Phi) is 3.95. The van der Waals surface area contributed by atoms with Gasteiger partial charge < -0.3 is 20.5 Å². The Labute approximate surface area is 131 Å². The van der Waals surface area contributed by atoms with Crippen molar-refractivity contribution in [1.82, 2.24) is 19.8 Å². The zero-order valence-electron chi connectivity index (χ0n) is 12.2. The molecule has 2 aromatic heterocycles. The fourth-order valence-corrected chi connectivity index (χ4v) is 3.42. The van der Waals surface area contributed by atoms with Crippen LogP contribution < -0.4 is 11.1 Å². The Hall–Kier alpha value is -2.19. The molecule has 2 aromatic rings. The molecule has 0 bridgehead atoms. The van der Waals surface area contributed by atoms with Gasteiger partial charge in [0.05, 0.1) is 9.75 Å². The number of aryl methyl sites for hydroxylation is 1. The number of nitrogens with zero attached hydrogens (tertiary/aromatic N) is 3. The van der Waals surface area contributed by atoms with Crippen LogP contribution in [0.3, 0.4) is 0 Å². The van der Waals surface area contributed by atoms with Crippen molar-refractivity contribution in [2.45, 2.75) is 6.04 Å². The van der Waals surface area contributed by atoms with Gasteiger partial charge in [-0.05, 0) is 12.1 Å². The second kappa shape index (κ2) is 5.90. The van der Waals surface area contributed by atoms with Crippen molar-refractivity contribution in [1.29, 1.82) is 0 Å². The van der Waals surface area contributed by atoms with Crippen LogP contribution in [0.1, 0.15) is 31.2 Å². The van der Waals surface area contributed by atoms with Crippen LogP contribution in [-0.4, -0.2) is 45.9 Å². The van der Waals surface area contributed by atoms with Gasteiger partial charge in [0, 0.05) is 39.1 Å². The molecule has 3 heterocycles. The molecule has 0 aromatic carbocycles. The Morgan fingerprint density at radius 2 is 2.18 bits per heavy atom. The van der Waals surface area contributed by atoms with Gasteiger partial charge in [-0.2, -0.15) is 0 Å². The van der Waals surface area contributed by atoms with E-state index < -0.39 is 5.91 Å². The lowest BCUT2D eigenvalue weighted by Gasteiger charge is -2.35. The number of rotatable bonds is 3. The van der Waals surface area contributed by atoms with Crippen LogP contribution in [0.25, 0.3) is 0 Å². The van der Waals surface area contributed by atoms with Gasteiger partial charge in [0.15, 0.2) is 0 Å². The van der Waals surface area contributed by atoms with Gasteiger partial charge in [0.1, 0.15) is 11.9 Å². The fraction of sp³-hybridized carbons (Fsp3) is 0.357. The molecule has 0 radical (unpaired) electrons. The Balaban J connectivity index is 1.88. The topological polar surface area (TPSA) is 93.2 Å². The number of carbonyl (C=O) groups excluding carboxylic acids is 2. The molecule has 22 heavy (non-hydrogen) atoms. The second-order valence-corrected chi connectivity index (χ2v) is 6.23. The quantitative estimate of drug-likeness (QED) is 0.854. The number of nitrogens with one attached hydrogen (secondary N) is 1. The lowest BCUT2D eigenvalue weighted by molar-refractivity contribution is 0.0626. The van der Waals surface area contributed by atoms with E-state index in [0.717, 1.165) is 23.7 Å². The van der Waals surface area contributed by atoms with Crippen LogP contribution in [0.2, 0.25) is 0 Å². The first-order valence-corrected chi connectivity index (χ1v) is 7.78. The van der Waals surface area contributed by atoms with Gasteiger partial charge >= 0.3 is 0 Å². The second-order valence-electron chi connectivity index (χ2n) is 5.14. The number of amides is 2. The number of thiophene rings is 1. The van der Waals surface area contributed by atoms with E-state index in [2.05, 4.69) is 10.3 Å². The summed E-state index contributed by atoms with van der Waals surface area (Å²) in [7, 11) is 1.91. The van der Waals surface area contributed by atoms with Crippen molar-refractivity contribution in [3.8, 4) is 0 Å². The maximum Gasteiger partial charge on any atom is 0.264 e. The summed E-state index contributed by atoms with van der Waals surface area (Å²) in [4.78, 5) is 31.0. The number of imidazole rings is 1. The summed E-state index contributed by atoms with van der Waals surface area (Å²) < 4.78 is 1.92. The molecule has 1 fully saturated rings. The maximum absolute atomic E-state index is 12.8. The van der Waals surface area contributed by atoms with Crippen LogP contribution >= 0.6 is 11.3 Å². The van der Waals surface area contributed by atoms with Gasteiger partial charge in [-0.1, -0.05) is 0 Å². The van der Waals surface area contributed by atoms with Crippen molar-refractivity contribution in [2.75, 3.05) is 19.6 Å². The van der Waals surface area contributed by atoms with Crippen molar-refractivity contribution in [3.63, 3.8) is 0 Å². The van der Waals surface area contributed by atoms with Gasteiger partial charge in [-0.25, -0.2) is 4.98 Å². The zero-order chi connectivity index (χ0) is 15.7. The Morgan fingerprint density at radius 1 is 1.41 bits per heavy atom. The van der Waals surface area contributed by atoms with Crippen LogP contribution in [0.5, 0.6) is 0 Å². The largest absolute Gasteiger partial charge is 0.365 e. The fourth-order valence-electron chi connectivity index (χ4n) is 2.60. The zero-order valence-corrected chi connectivity index (χ0v) is 13.0. The number of piperazine rings is 1. The molecule has 116 valence electrons. The summed E-state index contributed by atoms with van der Waals surface area (Å²) >= 11 is 1.13. The van der Waals surface area contributed by atoms with E-state index >= 15 is 0 Å². The van der Waals surface area contributed by atoms with E-state index in [1.54, 1.807) is 23.2 Å². The number of hydrogen-bond donors (Lipinski definition) is 2. The molecule has 1 atom stereocenters. The summed E-state index contributed by atoms with van der Waals surface area (Å²) in [5, 5.41) is 3.29. The minimum absolute atomic E-state index is 0.0907. The molecule has 1 unspecified atom stereocenters. The van der Waals surface area contributed by atoms with E-state index in [0.29, 0.717) is 22.8 Å². The first-order valence-electron chi connectivity index (χ1n) is 6.96. The number of primary amides is 1. The predicted molar refractivity (Wildman–Crippen MR) is 82.7 cm³/mol. The Morgan fingerprint density at radius 3 is 2.82 bits per heavy atom. The Bertz CT molecular complexity index is 708. The number of carbonyl (C=O) groups is 2. The molecule has 3 rings (SSSR count). The van der Waals surface area contributed by atoms with Crippen molar-refractivity contribution in [3.05, 3.63) is 40.1 Å². The van der Waals surface area contributed by atoms with Gasteiger partial charge in [-0.3, -0.25) is 9.59 Å². The van der Waals surface area contributed by atoms with Gasteiger partial charge in [0.2, 0.25) is 0 Å². The molecule has 0 saturated carbocycles. The molecular formula is C14H17N5O2S. The maximum atomic E-state index is 12.8. The highest BCUT2D eigenvalue weighted by Crippen LogP contribution is 2.25. The van der Waals surface area contributed by atoms with E-state index in [9.17, 15) is 9.59 Å². The van der Waals surface area contributed by atoms with E-state index in [4.69, 9.17) is 5.73 Å². The van der Waals surface area contributed by atoms with Crippen LogP contribution in [0.4, 0.5) is 0 Å². The SMILES string of the molecule is Cn1ccnc1C1CNCCN1C(=O)c1ccc(C(N)=O)s1. The molecule has 8 heteroatoms. The molecule has 1 aliphatic heterocycles. The van der Waals surface area contributed by atoms with E-state index in [-0.39, 0.29) is 11.9 Å². The predicted octanol–water partition coefficient (Wildman–Crippen LogP) is 0.367. The van der Waals surface area contributed by atoms with Gasteiger partial charge in [0.25, 0.3) is 11.8 Å². The minimum Gasteiger partial charge on any atom is -0.365 e. The smallest absolute Gasteiger partial charge is 0.264 e. The normalized spacial score (nSPS) is 18.4. The van der Waals surface area contributed by atoms with E-state index in [1.807, 2.05) is 17.8 Å². The third-order valence-electron chi connectivity index (χ3n) is 3.72. The molecule has 0 aliphatic carbocycles. The first kappa shape index (κ1) is 14.7. The molecule has 2 amide bonds. The lowest BCUT2D eigenvalue weighted by Crippen LogP contribution is -2.49. The molecule has 0 spiro atoms. The molecule has 1 aliphatic rings. The summed E-state index contributed by atoms with van der Waals surface area (Å²) in [6.07, 6.45) is 3.59. The number of aromatic nitrogens is 2. The summed E-state index contributed by atoms with van der Waals surface area (Å²) in [5.41, 5.74) is 5.25. The van der Waals surface area contributed by atoms with E-state index in [1.165, 1.54) is 0 Å². The van der Waals surface area contributed by atoms with Crippen molar-refractivity contribution in [2.24, 2.45) is 12.8 Å². The third kappa shape index (κ3) is 2.62. The monoisotopic (exact) mass is 319 g/mol. The highest BCUT2D eigenvalue weighted by atomic mass is 32.1. The minimum atomic E-state index is -0.509. The highest BCUT2D eigenvalue weighted by molar-refractivity contribution is 7.15. The highest BCUT2D eigenvalue weighted by Gasteiger charge is 2.31. The molecule has 7 nitrogen and oxygen atoms in total. The average molecular weight is 319 g/mol. The van der Waals surface area contributed by atoms with Crippen LogP contribution in [0, 0.1) is 0 Å². The van der Waals surface area contributed by atoms with Crippen molar-refractivity contribution < 1.29 is 9.59 Å². The lowest BCUT2D eigenvalue weighted by atomic mass is 10.1. The standard InChI is InChI=1S/C14H17N5O2S/c1-18-6-5-17-13(18)9-8-16-4-7-19(9)14(21)11-3-2-10(22-11)12(15)20/h2-3,5-6,9,16H,4,7-8H2,1H3,(H2,15,20). The first-order chi connectivity index (χ1) is 10.6. The molecular weight excluding hydrogens is 302 g/mol. The molecule has 3 N–H and O–H groups in total. The van der Waals surface area contributed by atoms with Gasteiger partial charge in [-0.15, -0.1) is 11.3 Å². The average Bonchev–Trinajstić information content (AvgIpc) is 3.15.